The lowest BCUT2D eigenvalue weighted by Crippen LogP contribution is -2.02. The maximum absolute atomic E-state index is 5.74. The molecule has 0 saturated heterocycles. The maximum atomic E-state index is 5.74. The zero-order valence-electron chi connectivity index (χ0n) is 11.4. The van der Waals surface area contributed by atoms with E-state index in [9.17, 15) is 0 Å². The molecule has 0 unspecified atom stereocenters. The van der Waals surface area contributed by atoms with E-state index in [1.54, 1.807) is 14.2 Å². The van der Waals surface area contributed by atoms with Crippen molar-refractivity contribution < 1.29 is 9.47 Å². The number of hydrogen-bond acceptors (Lipinski definition) is 4. The van der Waals surface area contributed by atoms with Gasteiger partial charge in [0.05, 0.1) is 14.2 Å². The third kappa shape index (κ3) is 3.47. The molecule has 0 radical (unpaired) electrons. The van der Waals surface area contributed by atoms with Crippen molar-refractivity contribution in [3.05, 3.63) is 45.5 Å². The Morgan fingerprint density at radius 3 is 2.45 bits per heavy atom. The van der Waals surface area contributed by atoms with Gasteiger partial charge in [-0.15, -0.1) is 0 Å². The molecule has 0 saturated carbocycles. The van der Waals surface area contributed by atoms with E-state index in [2.05, 4.69) is 27.9 Å². The average Bonchev–Trinajstić information content (AvgIpc) is 2.46. The van der Waals surface area contributed by atoms with E-state index in [4.69, 9.17) is 15.2 Å². The summed E-state index contributed by atoms with van der Waals surface area (Å²) in [6, 6.07) is 11.7. The maximum Gasteiger partial charge on any atom is 0.161 e. The van der Waals surface area contributed by atoms with Gasteiger partial charge in [-0.3, -0.25) is 0 Å². The van der Waals surface area contributed by atoms with Crippen LogP contribution in [0.5, 0.6) is 11.5 Å². The number of hydrogen-bond donors (Lipinski definition) is 2. The predicted molar refractivity (Wildman–Crippen MR) is 90.4 cm³/mol. The molecule has 106 valence electrons. The highest BCUT2D eigenvalue weighted by Crippen LogP contribution is 2.28. The van der Waals surface area contributed by atoms with E-state index in [1.807, 2.05) is 36.4 Å². The highest BCUT2D eigenvalue weighted by atomic mass is 127. The van der Waals surface area contributed by atoms with Crippen LogP contribution >= 0.6 is 22.6 Å². The molecule has 0 aliphatic carbocycles. The van der Waals surface area contributed by atoms with Crippen LogP contribution in [0.1, 0.15) is 5.56 Å². The molecule has 20 heavy (non-hydrogen) atoms. The van der Waals surface area contributed by atoms with E-state index in [-0.39, 0.29) is 0 Å². The lowest BCUT2D eigenvalue weighted by Gasteiger charge is -2.12. The van der Waals surface area contributed by atoms with Gasteiger partial charge in [-0.25, -0.2) is 0 Å². The molecule has 2 aromatic rings. The Hall–Kier alpha value is -1.63. The van der Waals surface area contributed by atoms with E-state index >= 15 is 0 Å². The predicted octanol–water partition coefficient (Wildman–Crippen LogP) is 3.50. The first-order chi connectivity index (χ1) is 9.63. The zero-order chi connectivity index (χ0) is 14.5. The van der Waals surface area contributed by atoms with Crippen LogP contribution in [-0.4, -0.2) is 14.2 Å². The van der Waals surface area contributed by atoms with Crippen molar-refractivity contribution in [2.45, 2.75) is 6.54 Å². The van der Waals surface area contributed by atoms with Gasteiger partial charge >= 0.3 is 0 Å². The van der Waals surface area contributed by atoms with Crippen molar-refractivity contribution in [2.24, 2.45) is 0 Å². The summed E-state index contributed by atoms with van der Waals surface area (Å²) in [5, 5.41) is 3.39. The average molecular weight is 384 g/mol. The van der Waals surface area contributed by atoms with Crippen LogP contribution in [0.4, 0.5) is 11.4 Å². The molecule has 2 rings (SSSR count). The second-order valence-corrected chi connectivity index (χ2v) is 5.44. The van der Waals surface area contributed by atoms with Crippen molar-refractivity contribution in [1.82, 2.24) is 0 Å². The first kappa shape index (κ1) is 14.8. The van der Waals surface area contributed by atoms with Crippen LogP contribution in [0.2, 0.25) is 0 Å². The molecule has 0 bridgehead atoms. The second kappa shape index (κ2) is 6.69. The second-order valence-electron chi connectivity index (χ2n) is 4.28. The Morgan fingerprint density at radius 2 is 1.80 bits per heavy atom. The minimum atomic E-state index is 0.709. The van der Waals surface area contributed by atoms with E-state index in [0.717, 1.165) is 32.0 Å². The van der Waals surface area contributed by atoms with Gasteiger partial charge in [0.15, 0.2) is 11.5 Å². The Balaban J connectivity index is 2.10. The van der Waals surface area contributed by atoms with Gasteiger partial charge in [-0.05, 0) is 58.5 Å². The smallest absolute Gasteiger partial charge is 0.161 e. The standard InChI is InChI=1S/C15H17IN2O2/c1-19-14-6-3-10(7-15(14)20-2)9-18-13-5-4-11(17)8-12(13)16/h3-8,18H,9,17H2,1-2H3. The largest absolute Gasteiger partial charge is 0.493 e. The number of halogens is 1. The molecule has 4 nitrogen and oxygen atoms in total. The molecule has 2 aromatic carbocycles. The monoisotopic (exact) mass is 384 g/mol. The normalized spacial score (nSPS) is 10.2. The van der Waals surface area contributed by atoms with Gasteiger partial charge in [0, 0.05) is 21.5 Å². The summed E-state index contributed by atoms with van der Waals surface area (Å²) in [6.45, 7) is 0.709. The molecular formula is C15H17IN2O2. The summed E-state index contributed by atoms with van der Waals surface area (Å²) < 4.78 is 11.6. The van der Waals surface area contributed by atoms with Crippen molar-refractivity contribution in [3.63, 3.8) is 0 Å². The van der Waals surface area contributed by atoms with Gasteiger partial charge in [-0.2, -0.15) is 0 Å². The lowest BCUT2D eigenvalue weighted by atomic mass is 10.2. The number of nitrogen functional groups attached to an aromatic ring is 1. The van der Waals surface area contributed by atoms with Crippen LogP contribution in [0.15, 0.2) is 36.4 Å². The Kier molecular flexibility index (Phi) is 4.94. The summed E-state index contributed by atoms with van der Waals surface area (Å²) in [5.41, 5.74) is 8.70. The Morgan fingerprint density at radius 1 is 1.05 bits per heavy atom. The fraction of sp³-hybridized carbons (Fsp3) is 0.200. The number of nitrogens with two attached hydrogens (primary N) is 1. The first-order valence-electron chi connectivity index (χ1n) is 6.14. The fourth-order valence-corrected chi connectivity index (χ4v) is 2.59. The number of anilines is 2. The summed E-state index contributed by atoms with van der Waals surface area (Å²) in [4.78, 5) is 0. The molecule has 3 N–H and O–H groups in total. The van der Waals surface area contributed by atoms with E-state index < -0.39 is 0 Å². The molecular weight excluding hydrogens is 367 g/mol. The van der Waals surface area contributed by atoms with Crippen molar-refractivity contribution in [3.8, 4) is 11.5 Å². The van der Waals surface area contributed by atoms with Crippen LogP contribution in [0, 0.1) is 3.57 Å². The fourth-order valence-electron chi connectivity index (χ4n) is 1.86. The molecule has 0 aliphatic rings. The van der Waals surface area contributed by atoms with E-state index in [1.165, 1.54) is 0 Å². The molecule has 0 fully saturated rings. The SMILES string of the molecule is COc1ccc(CNc2ccc(N)cc2I)cc1OC. The van der Waals surface area contributed by atoms with Gasteiger partial charge in [0.1, 0.15) is 0 Å². The van der Waals surface area contributed by atoms with Crippen LogP contribution in [0.3, 0.4) is 0 Å². The third-order valence-electron chi connectivity index (χ3n) is 2.92. The Bertz CT molecular complexity index is 602. The number of methoxy groups -OCH3 is 2. The molecule has 0 atom stereocenters. The van der Waals surface area contributed by atoms with Gasteiger partial charge < -0.3 is 20.5 Å². The van der Waals surface area contributed by atoms with Gasteiger partial charge in [-0.1, -0.05) is 6.07 Å². The zero-order valence-corrected chi connectivity index (χ0v) is 13.6. The van der Waals surface area contributed by atoms with Gasteiger partial charge in [0.2, 0.25) is 0 Å². The molecule has 0 aliphatic heterocycles. The van der Waals surface area contributed by atoms with Crippen molar-refractivity contribution in [2.75, 3.05) is 25.3 Å². The minimum absolute atomic E-state index is 0.709. The van der Waals surface area contributed by atoms with Gasteiger partial charge in [0.25, 0.3) is 0 Å². The Labute approximate surface area is 132 Å². The van der Waals surface area contributed by atoms with Crippen molar-refractivity contribution in [1.29, 1.82) is 0 Å². The highest BCUT2D eigenvalue weighted by molar-refractivity contribution is 14.1. The number of ether oxygens (including phenoxy) is 2. The summed E-state index contributed by atoms with van der Waals surface area (Å²) in [7, 11) is 3.27. The van der Waals surface area contributed by atoms with Crippen LogP contribution in [0.25, 0.3) is 0 Å². The van der Waals surface area contributed by atoms with E-state index in [0.29, 0.717) is 6.54 Å². The number of rotatable bonds is 5. The van der Waals surface area contributed by atoms with Crippen LogP contribution < -0.4 is 20.5 Å². The first-order valence-corrected chi connectivity index (χ1v) is 7.21. The number of benzene rings is 2. The quantitative estimate of drug-likeness (QED) is 0.612. The summed E-state index contributed by atoms with van der Waals surface area (Å²) in [6.07, 6.45) is 0. The molecule has 5 heteroatoms. The summed E-state index contributed by atoms with van der Waals surface area (Å²) >= 11 is 2.27. The highest BCUT2D eigenvalue weighted by Gasteiger charge is 2.05. The van der Waals surface area contributed by atoms with Crippen molar-refractivity contribution >= 4 is 34.0 Å². The number of nitrogens with one attached hydrogen (secondary N) is 1. The molecule has 0 aromatic heterocycles. The molecule has 0 spiro atoms. The summed E-state index contributed by atoms with van der Waals surface area (Å²) in [5.74, 6) is 1.47. The lowest BCUT2D eigenvalue weighted by molar-refractivity contribution is 0.354. The molecule has 0 heterocycles. The topological polar surface area (TPSA) is 56.5 Å². The molecule has 0 amide bonds. The third-order valence-corrected chi connectivity index (χ3v) is 3.82. The minimum Gasteiger partial charge on any atom is -0.493 e. The van der Waals surface area contributed by atoms with Crippen LogP contribution in [-0.2, 0) is 6.54 Å².